The lowest BCUT2D eigenvalue weighted by Crippen LogP contribution is -2.60. The van der Waals surface area contributed by atoms with Gasteiger partial charge in [-0.05, 0) is 41.0 Å². The normalized spacial score (nSPS) is 21.6. The van der Waals surface area contributed by atoms with Crippen LogP contribution in [0.1, 0.15) is 26.3 Å². The van der Waals surface area contributed by atoms with Crippen LogP contribution in [-0.4, -0.2) is 92.8 Å². The molecule has 228 valence electrons. The predicted octanol–water partition coefficient (Wildman–Crippen LogP) is -0.668. The number of nitrogens with one attached hydrogen (secondary N) is 4. The monoisotopic (exact) mass is 591 g/mol. The summed E-state index contributed by atoms with van der Waals surface area (Å²) < 4.78 is 1.46. The highest BCUT2D eigenvalue weighted by Gasteiger charge is 2.33. The fraction of sp³-hybridized carbons (Fsp3) is 0.414. The van der Waals surface area contributed by atoms with Gasteiger partial charge in [-0.15, -0.1) is 0 Å². The summed E-state index contributed by atoms with van der Waals surface area (Å²) in [6, 6.07) is 14.8. The minimum atomic E-state index is -1.29. The third-order valence-electron chi connectivity index (χ3n) is 7.00. The number of aromatic nitrogens is 4. The van der Waals surface area contributed by atoms with E-state index in [1.165, 1.54) is 11.6 Å². The first-order valence-electron chi connectivity index (χ1n) is 14.1. The third kappa shape index (κ3) is 8.13. The molecular formula is C29H37N9O5. The summed E-state index contributed by atoms with van der Waals surface area (Å²) in [5.74, 6) is -2.40. The van der Waals surface area contributed by atoms with Gasteiger partial charge >= 0.3 is 0 Å². The van der Waals surface area contributed by atoms with Crippen LogP contribution in [0.4, 0.5) is 5.95 Å². The molecule has 1 aromatic heterocycles. The number of para-hydroxylation sites is 1. The first-order valence-corrected chi connectivity index (χ1v) is 14.1. The molecule has 0 radical (unpaired) electrons. The van der Waals surface area contributed by atoms with E-state index in [1.54, 1.807) is 30.9 Å². The Morgan fingerprint density at radius 2 is 1.53 bits per heavy atom. The van der Waals surface area contributed by atoms with E-state index < -0.39 is 47.9 Å². The Morgan fingerprint density at radius 3 is 2.19 bits per heavy atom. The standard InChI is InChI=1S/C29H37N9O5/c1-18(2)24-28(43)31-22(16-20-10-6-4-7-11-20)26(41)33-25(19(3)39)27(42)30-14-15-37(17-23(40)32-24)29-34-35-36-38(29)21-12-8-5-9-13-21/h4-13,18-19,22,24-25,39H,14-17H2,1-3H3,(H,30,42)(H,31,43)(H,32,40)(H,33,41)/t19-,22+,24-,25+/m1/s1. The Labute approximate surface area is 249 Å². The van der Waals surface area contributed by atoms with Gasteiger partial charge in [-0.1, -0.05) is 67.5 Å². The quantitative estimate of drug-likeness (QED) is 0.248. The van der Waals surface area contributed by atoms with Crippen LogP contribution in [0.2, 0.25) is 0 Å². The van der Waals surface area contributed by atoms with Crippen LogP contribution in [0.5, 0.6) is 0 Å². The number of carbonyl (C=O) groups is 4. The van der Waals surface area contributed by atoms with Gasteiger partial charge in [0.1, 0.15) is 18.1 Å². The van der Waals surface area contributed by atoms with Gasteiger partial charge in [-0.25, -0.2) is 0 Å². The van der Waals surface area contributed by atoms with Crippen molar-refractivity contribution in [1.82, 2.24) is 41.5 Å². The summed E-state index contributed by atoms with van der Waals surface area (Å²) in [6.45, 7) is 4.85. The van der Waals surface area contributed by atoms with Gasteiger partial charge in [0.05, 0.1) is 18.3 Å². The molecule has 3 aromatic rings. The van der Waals surface area contributed by atoms with Crippen molar-refractivity contribution in [3.8, 4) is 5.69 Å². The van der Waals surface area contributed by atoms with Crippen LogP contribution in [0, 0.1) is 5.92 Å². The lowest BCUT2D eigenvalue weighted by Gasteiger charge is -2.27. The molecule has 0 unspecified atom stereocenters. The average Bonchev–Trinajstić information content (AvgIpc) is 3.48. The lowest BCUT2D eigenvalue weighted by atomic mass is 10.0. The maximum atomic E-state index is 13.5. The number of aliphatic hydroxyl groups is 1. The molecule has 14 nitrogen and oxygen atoms in total. The summed E-state index contributed by atoms with van der Waals surface area (Å²) in [7, 11) is 0. The lowest BCUT2D eigenvalue weighted by molar-refractivity contribution is -0.135. The Morgan fingerprint density at radius 1 is 0.860 bits per heavy atom. The minimum Gasteiger partial charge on any atom is -0.391 e. The zero-order chi connectivity index (χ0) is 30.9. The van der Waals surface area contributed by atoms with E-state index in [0.29, 0.717) is 5.69 Å². The van der Waals surface area contributed by atoms with Crippen LogP contribution >= 0.6 is 0 Å². The Balaban J connectivity index is 1.66. The predicted molar refractivity (Wildman–Crippen MR) is 157 cm³/mol. The summed E-state index contributed by atoms with van der Waals surface area (Å²) in [6.07, 6.45) is -1.11. The van der Waals surface area contributed by atoms with Crippen molar-refractivity contribution in [3.05, 3.63) is 66.2 Å². The molecule has 4 atom stereocenters. The summed E-state index contributed by atoms with van der Waals surface area (Å²) in [5, 5.41) is 33.2. The van der Waals surface area contributed by atoms with Crippen LogP contribution in [0.3, 0.4) is 0 Å². The first-order chi connectivity index (χ1) is 20.6. The van der Waals surface area contributed by atoms with Crippen LogP contribution < -0.4 is 26.2 Å². The molecule has 2 heterocycles. The highest BCUT2D eigenvalue weighted by Crippen LogP contribution is 2.15. The van der Waals surface area contributed by atoms with E-state index in [4.69, 9.17) is 0 Å². The topological polar surface area (TPSA) is 183 Å². The van der Waals surface area contributed by atoms with Crippen molar-refractivity contribution in [2.24, 2.45) is 5.92 Å². The molecule has 0 saturated carbocycles. The van der Waals surface area contributed by atoms with Gasteiger partial charge in [0, 0.05) is 19.5 Å². The fourth-order valence-electron chi connectivity index (χ4n) is 4.70. The molecule has 43 heavy (non-hydrogen) atoms. The first kappa shape index (κ1) is 31.1. The SMILES string of the molecule is CC(C)[C@H]1NC(=O)CN(c2nnnn2-c2ccccc2)CCNC(=O)[C@H]([C@@H](C)O)NC(=O)[C@H](Cc2ccccc2)NC1=O. The number of tetrazole rings is 1. The van der Waals surface area contributed by atoms with Crippen molar-refractivity contribution < 1.29 is 24.3 Å². The van der Waals surface area contributed by atoms with Gasteiger partial charge in [-0.2, -0.15) is 4.68 Å². The zero-order valence-corrected chi connectivity index (χ0v) is 24.3. The number of carbonyl (C=O) groups excluding carboxylic acids is 4. The minimum absolute atomic E-state index is 0.0328. The van der Waals surface area contributed by atoms with Gasteiger partial charge in [0.25, 0.3) is 5.95 Å². The summed E-state index contributed by atoms with van der Waals surface area (Å²) in [4.78, 5) is 55.1. The maximum absolute atomic E-state index is 13.5. The van der Waals surface area contributed by atoms with Gasteiger partial charge < -0.3 is 31.3 Å². The van der Waals surface area contributed by atoms with Gasteiger partial charge in [0.2, 0.25) is 23.6 Å². The molecule has 1 saturated heterocycles. The van der Waals surface area contributed by atoms with E-state index in [9.17, 15) is 24.3 Å². The number of nitrogens with zero attached hydrogens (tertiary/aromatic N) is 5. The number of hydrogen-bond acceptors (Lipinski definition) is 9. The molecule has 14 heteroatoms. The Hall–Kier alpha value is -4.85. The molecule has 1 fully saturated rings. The fourth-order valence-corrected chi connectivity index (χ4v) is 4.70. The van der Waals surface area contributed by atoms with Gasteiger partial charge in [-0.3, -0.25) is 19.2 Å². The number of amides is 4. The van der Waals surface area contributed by atoms with Crippen molar-refractivity contribution in [3.63, 3.8) is 0 Å². The second-order valence-electron chi connectivity index (χ2n) is 10.7. The number of anilines is 1. The van der Waals surface area contributed by atoms with Crippen LogP contribution in [0.25, 0.3) is 5.69 Å². The van der Waals surface area contributed by atoms with Crippen molar-refractivity contribution in [2.45, 2.75) is 51.4 Å². The highest BCUT2D eigenvalue weighted by atomic mass is 16.3. The average molecular weight is 592 g/mol. The number of benzene rings is 2. The van der Waals surface area contributed by atoms with E-state index in [0.717, 1.165) is 5.56 Å². The Kier molecular flexibility index (Phi) is 10.4. The zero-order valence-electron chi connectivity index (χ0n) is 24.3. The highest BCUT2D eigenvalue weighted by molar-refractivity contribution is 5.95. The molecular weight excluding hydrogens is 554 g/mol. The van der Waals surface area contributed by atoms with Gasteiger partial charge in [0.15, 0.2) is 0 Å². The maximum Gasteiger partial charge on any atom is 0.250 e. The largest absolute Gasteiger partial charge is 0.391 e. The molecule has 0 spiro atoms. The molecule has 4 amide bonds. The third-order valence-corrected chi connectivity index (χ3v) is 7.00. The van der Waals surface area contributed by atoms with E-state index in [1.807, 2.05) is 48.5 Å². The number of hydrogen-bond donors (Lipinski definition) is 5. The van der Waals surface area contributed by atoms with E-state index in [2.05, 4.69) is 36.8 Å². The molecule has 4 rings (SSSR count). The molecule has 5 N–H and O–H groups in total. The number of aliphatic hydroxyl groups excluding tert-OH is 1. The summed E-state index contributed by atoms with van der Waals surface area (Å²) in [5.41, 5.74) is 1.43. The van der Waals surface area contributed by atoms with Crippen molar-refractivity contribution in [2.75, 3.05) is 24.5 Å². The van der Waals surface area contributed by atoms with Crippen molar-refractivity contribution in [1.29, 1.82) is 0 Å². The second kappa shape index (κ2) is 14.4. The van der Waals surface area contributed by atoms with Crippen LogP contribution in [-0.2, 0) is 25.6 Å². The van der Waals surface area contributed by atoms with Crippen molar-refractivity contribution >= 4 is 29.6 Å². The summed E-state index contributed by atoms with van der Waals surface area (Å²) >= 11 is 0. The smallest absolute Gasteiger partial charge is 0.250 e. The van der Waals surface area contributed by atoms with E-state index in [-0.39, 0.29) is 37.9 Å². The molecule has 0 bridgehead atoms. The molecule has 0 aliphatic carbocycles. The second-order valence-corrected chi connectivity index (χ2v) is 10.7. The van der Waals surface area contributed by atoms with E-state index >= 15 is 0 Å². The molecule has 1 aliphatic rings. The Bertz CT molecular complexity index is 1400. The van der Waals surface area contributed by atoms with Crippen LogP contribution in [0.15, 0.2) is 60.7 Å². The molecule has 1 aliphatic heterocycles. The molecule has 2 aromatic carbocycles. The number of rotatable bonds is 6.